The first-order valence-electron chi connectivity index (χ1n) is 8.17. The minimum Gasteiger partial charge on any atom is -0.465 e. The Morgan fingerprint density at radius 1 is 0.947 bits per heavy atom. The topological polar surface area (TPSA) is 26.3 Å². The highest BCUT2D eigenvalue weighted by Gasteiger charge is 2.18. The molecule has 19 heavy (non-hydrogen) atoms. The molecule has 114 valence electrons. The lowest BCUT2D eigenvalue weighted by molar-refractivity contribution is -0.150. The van der Waals surface area contributed by atoms with E-state index in [9.17, 15) is 4.79 Å². The van der Waals surface area contributed by atoms with Crippen LogP contribution >= 0.6 is 0 Å². The van der Waals surface area contributed by atoms with Gasteiger partial charge in [0.05, 0.1) is 12.5 Å². The third kappa shape index (κ3) is 9.98. The number of hydrogen-bond acceptors (Lipinski definition) is 2. The van der Waals surface area contributed by atoms with Crippen molar-refractivity contribution in [3.63, 3.8) is 0 Å². The second-order valence-corrected chi connectivity index (χ2v) is 6.33. The molecule has 0 amide bonds. The Labute approximate surface area is 120 Å². The Hall–Kier alpha value is -0.530. The second kappa shape index (κ2) is 11.3. The molecule has 0 saturated heterocycles. The lowest BCUT2D eigenvalue weighted by Gasteiger charge is -2.17. The fourth-order valence-corrected chi connectivity index (χ4v) is 2.38. The molecule has 1 atom stereocenters. The highest BCUT2D eigenvalue weighted by atomic mass is 16.5. The number of rotatable bonds is 11. The van der Waals surface area contributed by atoms with Crippen LogP contribution < -0.4 is 0 Å². The van der Waals surface area contributed by atoms with E-state index in [1.807, 2.05) is 0 Å². The number of ether oxygens (including phenoxy) is 1. The van der Waals surface area contributed by atoms with Gasteiger partial charge in [-0.05, 0) is 31.1 Å². The van der Waals surface area contributed by atoms with Crippen molar-refractivity contribution < 1.29 is 9.53 Å². The molecule has 0 radical (unpaired) electrons. The highest BCUT2D eigenvalue weighted by molar-refractivity contribution is 5.72. The maximum absolute atomic E-state index is 12.0. The summed E-state index contributed by atoms with van der Waals surface area (Å²) in [4.78, 5) is 12.0. The maximum atomic E-state index is 12.0. The SMILES string of the molecule is CCCC(CCC)C(=O)OCC(C)CCCC(C)C. The molecule has 0 aromatic rings. The van der Waals surface area contributed by atoms with Gasteiger partial charge in [0.15, 0.2) is 0 Å². The van der Waals surface area contributed by atoms with Gasteiger partial charge in [0.25, 0.3) is 0 Å². The van der Waals surface area contributed by atoms with Gasteiger partial charge in [0.1, 0.15) is 0 Å². The molecule has 0 rings (SSSR count). The van der Waals surface area contributed by atoms with Crippen molar-refractivity contribution in [2.45, 2.75) is 79.6 Å². The van der Waals surface area contributed by atoms with Crippen LogP contribution in [0.2, 0.25) is 0 Å². The molecule has 0 saturated carbocycles. The highest BCUT2D eigenvalue weighted by Crippen LogP contribution is 2.17. The van der Waals surface area contributed by atoms with Crippen molar-refractivity contribution in [1.82, 2.24) is 0 Å². The molecule has 2 heteroatoms. The third-order valence-corrected chi connectivity index (χ3v) is 3.60. The molecule has 1 unspecified atom stereocenters. The normalized spacial score (nSPS) is 13.0. The molecule has 0 bridgehead atoms. The fraction of sp³-hybridized carbons (Fsp3) is 0.941. The molecular formula is C17H34O2. The average molecular weight is 270 g/mol. The quantitative estimate of drug-likeness (QED) is 0.482. The van der Waals surface area contributed by atoms with E-state index in [4.69, 9.17) is 4.74 Å². The van der Waals surface area contributed by atoms with Gasteiger partial charge in [-0.1, -0.05) is 60.3 Å². The summed E-state index contributed by atoms with van der Waals surface area (Å²) in [5.41, 5.74) is 0. The maximum Gasteiger partial charge on any atom is 0.308 e. The van der Waals surface area contributed by atoms with Gasteiger partial charge in [-0.2, -0.15) is 0 Å². The first-order valence-corrected chi connectivity index (χ1v) is 8.17. The zero-order valence-corrected chi connectivity index (χ0v) is 13.7. The summed E-state index contributed by atoms with van der Waals surface area (Å²) >= 11 is 0. The van der Waals surface area contributed by atoms with E-state index in [-0.39, 0.29) is 11.9 Å². The van der Waals surface area contributed by atoms with Crippen LogP contribution in [0.5, 0.6) is 0 Å². The Morgan fingerprint density at radius 3 is 2.00 bits per heavy atom. The largest absolute Gasteiger partial charge is 0.465 e. The van der Waals surface area contributed by atoms with Crippen LogP contribution in [0.15, 0.2) is 0 Å². The smallest absolute Gasteiger partial charge is 0.308 e. The van der Waals surface area contributed by atoms with Crippen molar-refractivity contribution in [2.24, 2.45) is 17.8 Å². The first kappa shape index (κ1) is 18.5. The minimum atomic E-state index is 0.0272. The summed E-state index contributed by atoms with van der Waals surface area (Å²) in [7, 11) is 0. The van der Waals surface area contributed by atoms with Crippen LogP contribution in [0, 0.1) is 17.8 Å². The number of hydrogen-bond donors (Lipinski definition) is 0. The summed E-state index contributed by atoms with van der Waals surface area (Å²) in [6.07, 6.45) is 7.73. The molecule has 0 aliphatic carbocycles. The molecule has 0 aliphatic rings. The molecule has 0 aliphatic heterocycles. The van der Waals surface area contributed by atoms with Gasteiger partial charge in [-0.25, -0.2) is 0 Å². The van der Waals surface area contributed by atoms with Gasteiger partial charge in [0.2, 0.25) is 0 Å². The lowest BCUT2D eigenvalue weighted by Crippen LogP contribution is -2.20. The van der Waals surface area contributed by atoms with Crippen LogP contribution in [0.1, 0.15) is 79.6 Å². The minimum absolute atomic E-state index is 0.0272. The van der Waals surface area contributed by atoms with E-state index < -0.39 is 0 Å². The Morgan fingerprint density at radius 2 is 1.53 bits per heavy atom. The van der Waals surface area contributed by atoms with Gasteiger partial charge >= 0.3 is 5.97 Å². The van der Waals surface area contributed by atoms with Crippen molar-refractivity contribution in [3.8, 4) is 0 Å². The molecule has 0 heterocycles. The predicted octanol–water partition coefficient (Wildman–Crippen LogP) is 5.21. The summed E-state index contributed by atoms with van der Waals surface area (Å²) in [5.74, 6) is 1.41. The number of carbonyl (C=O) groups excluding carboxylic acids is 1. The molecule has 0 spiro atoms. The Bertz CT molecular complexity index is 217. The monoisotopic (exact) mass is 270 g/mol. The average Bonchev–Trinajstić information content (AvgIpc) is 2.35. The van der Waals surface area contributed by atoms with E-state index in [2.05, 4.69) is 34.6 Å². The molecule has 0 N–H and O–H groups in total. The van der Waals surface area contributed by atoms with Crippen molar-refractivity contribution in [1.29, 1.82) is 0 Å². The third-order valence-electron chi connectivity index (χ3n) is 3.60. The predicted molar refractivity (Wildman–Crippen MR) is 82.1 cm³/mol. The molecule has 0 aromatic carbocycles. The van der Waals surface area contributed by atoms with Crippen molar-refractivity contribution in [3.05, 3.63) is 0 Å². The Kier molecular flexibility index (Phi) is 11.0. The number of esters is 1. The summed E-state index contributed by atoms with van der Waals surface area (Å²) in [6, 6.07) is 0. The van der Waals surface area contributed by atoms with Gasteiger partial charge < -0.3 is 4.74 Å². The van der Waals surface area contributed by atoms with Crippen molar-refractivity contribution in [2.75, 3.05) is 6.61 Å². The van der Waals surface area contributed by atoms with Crippen molar-refractivity contribution >= 4 is 5.97 Å². The zero-order chi connectivity index (χ0) is 14.7. The molecule has 0 aromatic heterocycles. The van der Waals surface area contributed by atoms with Crippen LogP contribution in [0.4, 0.5) is 0 Å². The van der Waals surface area contributed by atoms with Crippen LogP contribution in [0.3, 0.4) is 0 Å². The molecular weight excluding hydrogens is 236 g/mol. The summed E-state index contributed by atoms with van der Waals surface area (Å²) in [6.45, 7) is 11.5. The molecule has 0 fully saturated rings. The van der Waals surface area contributed by atoms with E-state index in [1.165, 1.54) is 12.8 Å². The van der Waals surface area contributed by atoms with E-state index in [0.717, 1.165) is 38.0 Å². The van der Waals surface area contributed by atoms with E-state index >= 15 is 0 Å². The lowest BCUT2D eigenvalue weighted by atomic mass is 9.98. The van der Waals surface area contributed by atoms with Crippen LogP contribution in [0.25, 0.3) is 0 Å². The molecule has 2 nitrogen and oxygen atoms in total. The van der Waals surface area contributed by atoms with E-state index in [0.29, 0.717) is 12.5 Å². The van der Waals surface area contributed by atoms with Gasteiger partial charge in [-0.3, -0.25) is 4.79 Å². The summed E-state index contributed by atoms with van der Waals surface area (Å²) < 4.78 is 5.49. The van der Waals surface area contributed by atoms with Crippen LogP contribution in [-0.2, 0) is 9.53 Å². The number of carbonyl (C=O) groups is 1. The fourth-order valence-electron chi connectivity index (χ4n) is 2.38. The zero-order valence-electron chi connectivity index (χ0n) is 13.7. The van der Waals surface area contributed by atoms with E-state index in [1.54, 1.807) is 0 Å². The Balaban J connectivity index is 3.85. The van der Waals surface area contributed by atoms with Gasteiger partial charge in [-0.15, -0.1) is 0 Å². The second-order valence-electron chi connectivity index (χ2n) is 6.33. The van der Waals surface area contributed by atoms with Gasteiger partial charge in [0, 0.05) is 0 Å². The van der Waals surface area contributed by atoms with Crippen LogP contribution in [-0.4, -0.2) is 12.6 Å². The standard InChI is InChI=1S/C17H34O2/c1-6-9-16(10-7-2)17(18)19-13-15(5)12-8-11-14(3)4/h14-16H,6-13H2,1-5H3. The summed E-state index contributed by atoms with van der Waals surface area (Å²) in [5, 5.41) is 0. The first-order chi connectivity index (χ1) is 9.01.